The first-order valence-electron chi connectivity index (χ1n) is 8.11. The second kappa shape index (κ2) is 7.24. The number of carbonyl (C=O) groups is 2. The van der Waals surface area contributed by atoms with Crippen LogP contribution in [0.15, 0.2) is 12.1 Å². The van der Waals surface area contributed by atoms with Crippen molar-refractivity contribution in [2.24, 2.45) is 0 Å². The van der Waals surface area contributed by atoms with Crippen molar-refractivity contribution < 1.29 is 27.5 Å². The highest BCUT2D eigenvalue weighted by molar-refractivity contribution is 7.88. The van der Waals surface area contributed by atoms with Gasteiger partial charge in [-0.15, -0.1) is 0 Å². The largest absolute Gasteiger partial charge is 0.457 e. The summed E-state index contributed by atoms with van der Waals surface area (Å²) in [5.74, 6) is -0.394. The van der Waals surface area contributed by atoms with E-state index in [2.05, 4.69) is 10.0 Å². The lowest BCUT2D eigenvalue weighted by atomic mass is 9.94. The standard InChI is InChI=1S/C17H24N2O6S/c1-10-11(6-7-12-13(10)9-24-15(12)20)14(19-26(5,22)23)8-18-16(21)25-17(2,3)4/h6-7,14,19H,8-9H2,1-5H3,(H,18,21)/t14-/m0/s1. The van der Waals surface area contributed by atoms with Crippen LogP contribution in [0.1, 0.15) is 53.9 Å². The summed E-state index contributed by atoms with van der Waals surface area (Å²) >= 11 is 0. The van der Waals surface area contributed by atoms with Crippen LogP contribution >= 0.6 is 0 Å². The highest BCUT2D eigenvalue weighted by Gasteiger charge is 2.27. The maximum absolute atomic E-state index is 11.9. The average Bonchev–Trinajstić information content (AvgIpc) is 2.84. The van der Waals surface area contributed by atoms with Crippen LogP contribution in [0.5, 0.6) is 0 Å². The molecule has 2 N–H and O–H groups in total. The minimum atomic E-state index is -3.54. The van der Waals surface area contributed by atoms with E-state index in [9.17, 15) is 18.0 Å². The number of hydrogen-bond donors (Lipinski definition) is 2. The van der Waals surface area contributed by atoms with Gasteiger partial charge < -0.3 is 14.8 Å². The Morgan fingerprint density at radius 1 is 1.35 bits per heavy atom. The number of carbonyl (C=O) groups excluding carboxylic acids is 2. The van der Waals surface area contributed by atoms with Crippen molar-refractivity contribution in [1.29, 1.82) is 0 Å². The third-order valence-corrected chi connectivity index (χ3v) is 4.50. The van der Waals surface area contributed by atoms with Gasteiger partial charge in [-0.2, -0.15) is 0 Å². The van der Waals surface area contributed by atoms with Gasteiger partial charge in [-0.3, -0.25) is 0 Å². The van der Waals surface area contributed by atoms with Crippen molar-refractivity contribution in [3.05, 3.63) is 34.4 Å². The van der Waals surface area contributed by atoms with E-state index < -0.39 is 33.7 Å². The number of nitrogens with one attached hydrogen (secondary N) is 2. The molecule has 144 valence electrons. The molecule has 1 atom stereocenters. The number of sulfonamides is 1. The molecule has 0 saturated heterocycles. The molecule has 1 aliphatic rings. The SMILES string of the molecule is Cc1c([C@H](CNC(=O)OC(C)(C)C)NS(C)(=O)=O)ccc2c1COC2=O. The van der Waals surface area contributed by atoms with Gasteiger partial charge in [0, 0.05) is 12.1 Å². The number of fused-ring (bicyclic) bond motifs is 1. The zero-order valence-corrected chi connectivity index (χ0v) is 16.3. The van der Waals surface area contributed by atoms with Crippen molar-refractivity contribution >= 4 is 22.1 Å². The van der Waals surface area contributed by atoms with Crippen molar-refractivity contribution in [2.75, 3.05) is 12.8 Å². The first-order valence-corrected chi connectivity index (χ1v) is 10.00. The number of ether oxygens (including phenoxy) is 2. The van der Waals surface area contributed by atoms with Gasteiger partial charge >= 0.3 is 12.1 Å². The second-order valence-corrected chi connectivity index (χ2v) is 8.99. The highest BCUT2D eigenvalue weighted by atomic mass is 32.2. The van der Waals surface area contributed by atoms with Crippen LogP contribution in [0.2, 0.25) is 0 Å². The third kappa shape index (κ3) is 5.18. The predicted octanol–water partition coefficient (Wildman–Crippen LogP) is 1.78. The second-order valence-electron chi connectivity index (χ2n) is 7.21. The van der Waals surface area contributed by atoms with Gasteiger partial charge in [0.25, 0.3) is 0 Å². The molecule has 9 heteroatoms. The molecule has 0 unspecified atom stereocenters. The molecular weight excluding hydrogens is 360 g/mol. The summed E-state index contributed by atoms with van der Waals surface area (Å²) in [4.78, 5) is 23.6. The fourth-order valence-electron chi connectivity index (χ4n) is 2.72. The first kappa shape index (κ1) is 20.2. The minimum absolute atomic E-state index is 0.00356. The predicted molar refractivity (Wildman–Crippen MR) is 95.3 cm³/mol. The molecule has 0 saturated carbocycles. The molecular formula is C17H24N2O6S. The lowest BCUT2D eigenvalue weighted by Crippen LogP contribution is -2.40. The minimum Gasteiger partial charge on any atom is -0.457 e. The average molecular weight is 384 g/mol. The molecule has 0 radical (unpaired) electrons. The van der Waals surface area contributed by atoms with E-state index in [1.807, 2.05) is 0 Å². The Kier molecular flexibility index (Phi) is 5.62. The lowest BCUT2D eigenvalue weighted by Gasteiger charge is -2.24. The Balaban J connectivity index is 2.26. The quantitative estimate of drug-likeness (QED) is 0.749. The number of benzene rings is 1. The fraction of sp³-hybridized carbons (Fsp3) is 0.529. The van der Waals surface area contributed by atoms with Gasteiger partial charge in [0.2, 0.25) is 10.0 Å². The first-order chi connectivity index (χ1) is 11.9. The highest BCUT2D eigenvalue weighted by Crippen LogP contribution is 2.29. The zero-order chi connectivity index (χ0) is 19.7. The maximum atomic E-state index is 11.9. The maximum Gasteiger partial charge on any atom is 0.407 e. The van der Waals surface area contributed by atoms with Gasteiger partial charge in [0.1, 0.15) is 12.2 Å². The van der Waals surface area contributed by atoms with Crippen molar-refractivity contribution in [2.45, 2.75) is 45.9 Å². The van der Waals surface area contributed by atoms with E-state index >= 15 is 0 Å². The van der Waals surface area contributed by atoms with Crippen molar-refractivity contribution in [3.63, 3.8) is 0 Å². The van der Waals surface area contributed by atoms with E-state index in [0.717, 1.165) is 17.4 Å². The molecule has 0 spiro atoms. The summed E-state index contributed by atoms with van der Waals surface area (Å²) in [5.41, 5.74) is 1.95. The van der Waals surface area contributed by atoms with E-state index in [1.165, 1.54) is 0 Å². The van der Waals surface area contributed by atoms with Crippen molar-refractivity contribution in [3.8, 4) is 0 Å². The molecule has 2 rings (SSSR count). The third-order valence-electron chi connectivity index (χ3n) is 3.79. The van der Waals surface area contributed by atoms with Crippen molar-refractivity contribution in [1.82, 2.24) is 10.0 Å². The molecule has 1 amide bonds. The van der Waals surface area contributed by atoms with Crippen LogP contribution in [0.4, 0.5) is 4.79 Å². The fourth-order valence-corrected chi connectivity index (χ4v) is 3.45. The molecule has 1 aromatic carbocycles. The summed E-state index contributed by atoms with van der Waals surface area (Å²) in [6, 6.07) is 2.57. The van der Waals surface area contributed by atoms with E-state index in [0.29, 0.717) is 11.1 Å². The molecule has 0 aliphatic carbocycles. The molecule has 0 fully saturated rings. The Morgan fingerprint density at radius 3 is 2.58 bits per heavy atom. The van der Waals surface area contributed by atoms with Gasteiger partial charge in [0.15, 0.2) is 0 Å². The van der Waals surface area contributed by atoms with Crippen LogP contribution in [0, 0.1) is 6.92 Å². The monoisotopic (exact) mass is 384 g/mol. The summed E-state index contributed by atoms with van der Waals surface area (Å²) < 4.78 is 36.2. The van der Waals surface area contributed by atoms with Crippen LogP contribution < -0.4 is 10.0 Å². The molecule has 1 aromatic rings. The molecule has 0 bridgehead atoms. The van der Waals surface area contributed by atoms with E-state index in [1.54, 1.807) is 39.8 Å². The van der Waals surface area contributed by atoms with Gasteiger partial charge in [-0.25, -0.2) is 22.7 Å². The van der Waals surface area contributed by atoms with E-state index in [-0.39, 0.29) is 13.2 Å². The lowest BCUT2D eigenvalue weighted by molar-refractivity contribution is 0.0517. The van der Waals surface area contributed by atoms with Crippen LogP contribution in [-0.4, -0.2) is 38.9 Å². The van der Waals surface area contributed by atoms with Gasteiger partial charge in [-0.1, -0.05) is 6.07 Å². The van der Waals surface area contributed by atoms with Crippen LogP contribution in [0.3, 0.4) is 0 Å². The number of alkyl carbamates (subject to hydrolysis) is 1. The number of rotatable bonds is 5. The van der Waals surface area contributed by atoms with Gasteiger partial charge in [-0.05, 0) is 44.9 Å². The molecule has 0 aromatic heterocycles. The Morgan fingerprint density at radius 2 is 2.00 bits per heavy atom. The molecule has 26 heavy (non-hydrogen) atoms. The number of esters is 1. The Labute approximate surface area is 153 Å². The summed E-state index contributed by atoms with van der Waals surface area (Å²) in [5, 5.41) is 2.58. The number of amides is 1. The van der Waals surface area contributed by atoms with Crippen LogP contribution in [-0.2, 0) is 26.1 Å². The molecule has 1 aliphatic heterocycles. The van der Waals surface area contributed by atoms with Gasteiger partial charge in [0.05, 0.1) is 17.9 Å². The molecule has 8 nitrogen and oxygen atoms in total. The van der Waals surface area contributed by atoms with Crippen LogP contribution in [0.25, 0.3) is 0 Å². The zero-order valence-electron chi connectivity index (χ0n) is 15.5. The number of cyclic esters (lactones) is 1. The summed E-state index contributed by atoms with van der Waals surface area (Å²) in [6.07, 6.45) is 0.401. The normalized spacial score (nSPS) is 15.2. The summed E-state index contributed by atoms with van der Waals surface area (Å²) in [6.45, 7) is 7.15. The Bertz CT molecular complexity index is 826. The van der Waals surface area contributed by atoms with E-state index in [4.69, 9.17) is 9.47 Å². The topological polar surface area (TPSA) is 111 Å². The Hall–Kier alpha value is -2.13. The summed E-state index contributed by atoms with van der Waals surface area (Å²) in [7, 11) is -3.54. The smallest absolute Gasteiger partial charge is 0.407 e. The number of hydrogen-bond acceptors (Lipinski definition) is 6. The molecule has 1 heterocycles.